The van der Waals surface area contributed by atoms with Crippen LogP contribution in [0.3, 0.4) is 0 Å². The number of nitrogens with zero attached hydrogens (tertiary/aromatic N) is 1. The number of anilines is 1. The van der Waals surface area contributed by atoms with E-state index in [-0.39, 0.29) is 28.4 Å². The lowest BCUT2D eigenvalue weighted by Crippen LogP contribution is -2.35. The molecule has 140 valence electrons. The van der Waals surface area contributed by atoms with Crippen LogP contribution in [-0.2, 0) is 19.9 Å². The molecule has 0 radical (unpaired) electrons. The Labute approximate surface area is 155 Å². The summed E-state index contributed by atoms with van der Waals surface area (Å²) in [5.74, 6) is -0.717. The third-order valence-corrected chi connectivity index (χ3v) is 7.92. The highest BCUT2D eigenvalue weighted by Gasteiger charge is 2.31. The molecule has 1 aromatic heterocycles. The second kappa shape index (κ2) is 7.06. The van der Waals surface area contributed by atoms with Crippen molar-refractivity contribution < 1.29 is 21.6 Å². The number of nitrogens with one attached hydrogen (secondary N) is 2. The van der Waals surface area contributed by atoms with Gasteiger partial charge in [0, 0.05) is 22.7 Å². The molecular formula is C15H17N3O5S3. The number of hydrogen-bond acceptors (Lipinski definition) is 7. The van der Waals surface area contributed by atoms with Gasteiger partial charge in [0.1, 0.15) is 0 Å². The predicted molar refractivity (Wildman–Crippen MR) is 98.6 cm³/mol. The molecule has 1 aliphatic rings. The van der Waals surface area contributed by atoms with Crippen LogP contribution in [-0.4, -0.2) is 45.3 Å². The topological polar surface area (TPSA) is 122 Å². The van der Waals surface area contributed by atoms with Gasteiger partial charge in [-0.1, -0.05) is 6.07 Å². The van der Waals surface area contributed by atoms with Crippen molar-refractivity contribution in [2.24, 2.45) is 0 Å². The van der Waals surface area contributed by atoms with Crippen molar-refractivity contribution in [3.05, 3.63) is 40.9 Å². The Bertz CT molecular complexity index is 1040. The van der Waals surface area contributed by atoms with E-state index in [1.807, 2.05) is 6.92 Å². The van der Waals surface area contributed by atoms with Gasteiger partial charge in [0.25, 0.3) is 5.91 Å². The maximum absolute atomic E-state index is 12.5. The molecule has 0 aliphatic carbocycles. The molecule has 2 heterocycles. The first-order valence-corrected chi connectivity index (χ1v) is 11.8. The third-order valence-electron chi connectivity index (χ3n) is 3.80. The summed E-state index contributed by atoms with van der Waals surface area (Å²) in [7, 11) is -7.13. The normalized spacial score (nSPS) is 19.3. The zero-order valence-electron chi connectivity index (χ0n) is 13.8. The van der Waals surface area contributed by atoms with E-state index in [4.69, 9.17) is 0 Å². The lowest BCUT2D eigenvalue weighted by atomic mass is 10.2. The molecule has 1 atom stereocenters. The van der Waals surface area contributed by atoms with Gasteiger partial charge in [0.2, 0.25) is 10.0 Å². The summed E-state index contributed by atoms with van der Waals surface area (Å²) in [4.78, 5) is 17.2. The number of aromatic nitrogens is 1. The maximum atomic E-state index is 12.5. The zero-order valence-corrected chi connectivity index (χ0v) is 16.2. The van der Waals surface area contributed by atoms with Crippen LogP contribution in [0.1, 0.15) is 21.7 Å². The summed E-state index contributed by atoms with van der Waals surface area (Å²) in [5, 5.41) is 3.04. The second-order valence-electron chi connectivity index (χ2n) is 5.98. The average Bonchev–Trinajstić information content (AvgIpc) is 3.12. The molecule has 2 aromatic rings. The molecule has 2 N–H and O–H groups in total. The molecule has 0 bridgehead atoms. The van der Waals surface area contributed by atoms with E-state index in [1.54, 1.807) is 6.20 Å². The monoisotopic (exact) mass is 415 g/mol. The quantitative estimate of drug-likeness (QED) is 0.756. The number of thiazole rings is 1. The highest BCUT2D eigenvalue weighted by atomic mass is 32.2. The Morgan fingerprint density at radius 1 is 1.35 bits per heavy atom. The van der Waals surface area contributed by atoms with Gasteiger partial charge in [-0.2, -0.15) is 0 Å². The minimum Gasteiger partial charge on any atom is -0.298 e. The zero-order chi connectivity index (χ0) is 18.9. The molecule has 1 saturated heterocycles. The molecule has 1 fully saturated rings. The van der Waals surface area contributed by atoms with E-state index in [9.17, 15) is 21.6 Å². The van der Waals surface area contributed by atoms with Crippen molar-refractivity contribution in [1.29, 1.82) is 0 Å². The van der Waals surface area contributed by atoms with Gasteiger partial charge < -0.3 is 0 Å². The number of rotatable bonds is 5. The number of aryl methyl sites for hydroxylation is 1. The smallest absolute Gasteiger partial charge is 0.257 e. The van der Waals surface area contributed by atoms with Crippen molar-refractivity contribution >= 4 is 42.2 Å². The number of carbonyl (C=O) groups excluding carboxylic acids is 1. The van der Waals surface area contributed by atoms with Gasteiger partial charge >= 0.3 is 0 Å². The molecular weight excluding hydrogens is 398 g/mol. The van der Waals surface area contributed by atoms with Crippen LogP contribution in [0.4, 0.5) is 5.13 Å². The fourth-order valence-corrected chi connectivity index (χ4v) is 6.32. The number of sulfone groups is 1. The maximum Gasteiger partial charge on any atom is 0.257 e. The van der Waals surface area contributed by atoms with Gasteiger partial charge in [0.05, 0.1) is 16.4 Å². The van der Waals surface area contributed by atoms with Gasteiger partial charge in [0.15, 0.2) is 15.0 Å². The van der Waals surface area contributed by atoms with E-state index in [2.05, 4.69) is 15.0 Å². The van der Waals surface area contributed by atoms with Crippen LogP contribution in [0.25, 0.3) is 0 Å². The Morgan fingerprint density at radius 2 is 2.12 bits per heavy atom. The number of amides is 1. The van der Waals surface area contributed by atoms with Gasteiger partial charge in [-0.15, -0.1) is 11.3 Å². The second-order valence-corrected chi connectivity index (χ2v) is 11.2. The van der Waals surface area contributed by atoms with Crippen LogP contribution in [0.5, 0.6) is 0 Å². The van der Waals surface area contributed by atoms with Crippen molar-refractivity contribution in [1.82, 2.24) is 9.71 Å². The summed E-state index contributed by atoms with van der Waals surface area (Å²) in [5.41, 5.74) is 0.166. The highest BCUT2D eigenvalue weighted by molar-refractivity contribution is 7.92. The Kier molecular flexibility index (Phi) is 5.15. The van der Waals surface area contributed by atoms with E-state index in [1.165, 1.54) is 35.6 Å². The standard InChI is InChI=1S/C15H17N3O5S3/c1-10-8-16-15(24-10)17-14(19)11-3-2-4-13(7-11)26(22,23)18-12-5-6-25(20,21)9-12/h2-4,7-8,12,18H,5-6,9H2,1H3,(H,16,17,19). The van der Waals surface area contributed by atoms with Crippen LogP contribution < -0.4 is 10.0 Å². The Morgan fingerprint density at radius 3 is 2.73 bits per heavy atom. The molecule has 1 unspecified atom stereocenters. The Hall–Kier alpha value is -1.82. The van der Waals surface area contributed by atoms with Gasteiger partial charge in [-0.05, 0) is 31.5 Å². The molecule has 0 spiro atoms. The summed E-state index contributed by atoms with van der Waals surface area (Å²) < 4.78 is 50.4. The molecule has 1 aliphatic heterocycles. The molecule has 8 nitrogen and oxygen atoms in total. The van der Waals surface area contributed by atoms with Crippen molar-refractivity contribution in [3.8, 4) is 0 Å². The minimum atomic E-state index is -3.93. The largest absolute Gasteiger partial charge is 0.298 e. The lowest BCUT2D eigenvalue weighted by Gasteiger charge is -2.12. The molecule has 26 heavy (non-hydrogen) atoms. The van der Waals surface area contributed by atoms with Crippen LogP contribution in [0.15, 0.2) is 35.4 Å². The fourth-order valence-electron chi connectivity index (χ4n) is 2.56. The van der Waals surface area contributed by atoms with E-state index in [0.717, 1.165) is 4.88 Å². The van der Waals surface area contributed by atoms with Crippen LogP contribution in [0, 0.1) is 6.92 Å². The minimum absolute atomic E-state index is 0.0319. The number of hydrogen-bond donors (Lipinski definition) is 2. The lowest BCUT2D eigenvalue weighted by molar-refractivity contribution is 0.102. The van der Waals surface area contributed by atoms with E-state index in [0.29, 0.717) is 5.13 Å². The molecule has 11 heteroatoms. The first-order chi connectivity index (χ1) is 12.1. The first kappa shape index (κ1) is 19.0. The summed E-state index contributed by atoms with van der Waals surface area (Å²) in [6, 6.07) is 4.91. The Balaban J connectivity index is 1.76. The van der Waals surface area contributed by atoms with E-state index < -0.39 is 31.8 Å². The number of carbonyl (C=O) groups is 1. The van der Waals surface area contributed by atoms with Crippen molar-refractivity contribution in [3.63, 3.8) is 0 Å². The molecule has 3 rings (SSSR count). The van der Waals surface area contributed by atoms with Gasteiger partial charge in [-0.3, -0.25) is 10.1 Å². The predicted octanol–water partition coefficient (Wildman–Crippen LogP) is 1.17. The number of sulfonamides is 1. The summed E-state index contributed by atoms with van der Waals surface area (Å²) in [6.07, 6.45) is 1.87. The van der Waals surface area contributed by atoms with Crippen molar-refractivity contribution in [2.45, 2.75) is 24.3 Å². The third kappa shape index (κ3) is 4.47. The average molecular weight is 416 g/mol. The number of benzene rings is 1. The highest BCUT2D eigenvalue weighted by Crippen LogP contribution is 2.19. The molecule has 1 amide bonds. The molecule has 0 saturated carbocycles. The first-order valence-electron chi connectivity index (χ1n) is 7.71. The SMILES string of the molecule is Cc1cnc(NC(=O)c2cccc(S(=O)(=O)NC3CCS(=O)(=O)C3)c2)s1. The van der Waals surface area contributed by atoms with E-state index >= 15 is 0 Å². The summed E-state index contributed by atoms with van der Waals surface area (Å²) >= 11 is 1.31. The van der Waals surface area contributed by atoms with Crippen molar-refractivity contribution in [2.75, 3.05) is 16.8 Å². The van der Waals surface area contributed by atoms with Crippen LogP contribution >= 0.6 is 11.3 Å². The van der Waals surface area contributed by atoms with Crippen LogP contribution in [0.2, 0.25) is 0 Å². The molecule has 1 aromatic carbocycles. The summed E-state index contributed by atoms with van der Waals surface area (Å²) in [6.45, 7) is 1.86. The van der Waals surface area contributed by atoms with Gasteiger partial charge in [-0.25, -0.2) is 26.5 Å². The fraction of sp³-hybridized carbons (Fsp3) is 0.333.